The van der Waals surface area contributed by atoms with Crippen LogP contribution in [-0.4, -0.2) is 34.8 Å². The van der Waals surface area contributed by atoms with Crippen LogP contribution in [0.1, 0.15) is 71.6 Å². The molecule has 1 spiro atoms. The molecule has 1 heterocycles. The van der Waals surface area contributed by atoms with Crippen molar-refractivity contribution in [2.75, 3.05) is 6.54 Å². The molecular weight excluding hydrogens is 264 g/mol. The molecule has 2 saturated carbocycles. The summed E-state index contributed by atoms with van der Waals surface area (Å²) in [4.78, 5) is 27.1. The topological polar surface area (TPSA) is 49.4 Å². The molecule has 4 heteroatoms. The van der Waals surface area contributed by atoms with Crippen LogP contribution in [0.2, 0.25) is 0 Å². The predicted molar refractivity (Wildman–Crippen MR) is 81.7 cm³/mol. The molecule has 1 N–H and O–H groups in total. The molecule has 2 aliphatic carbocycles. The van der Waals surface area contributed by atoms with Crippen molar-refractivity contribution in [3.63, 3.8) is 0 Å². The smallest absolute Gasteiger partial charge is 0.249 e. The summed E-state index contributed by atoms with van der Waals surface area (Å²) in [5.74, 6) is 0.243. The number of piperazine rings is 1. The second kappa shape index (κ2) is 5.29. The number of amides is 2. The summed E-state index contributed by atoms with van der Waals surface area (Å²) in [5, 5.41) is 3.04. The highest BCUT2D eigenvalue weighted by Crippen LogP contribution is 2.39. The van der Waals surface area contributed by atoms with Gasteiger partial charge >= 0.3 is 0 Å². The molecular formula is C17H28N2O2. The highest BCUT2D eigenvalue weighted by Gasteiger charge is 2.49. The number of hydrogen-bond acceptors (Lipinski definition) is 2. The summed E-state index contributed by atoms with van der Waals surface area (Å²) in [7, 11) is 0. The quantitative estimate of drug-likeness (QED) is 0.807. The second-order valence-electron chi connectivity index (χ2n) is 8.02. The van der Waals surface area contributed by atoms with Gasteiger partial charge in [0.15, 0.2) is 0 Å². The summed E-state index contributed by atoms with van der Waals surface area (Å²) in [6.45, 7) is 4.87. The molecule has 0 bridgehead atoms. The maximum atomic E-state index is 13.0. The molecule has 118 valence electrons. The van der Waals surface area contributed by atoms with Gasteiger partial charge in [-0.1, -0.05) is 33.1 Å². The number of hydrogen-bond donors (Lipinski definition) is 1. The van der Waals surface area contributed by atoms with Crippen LogP contribution in [0, 0.1) is 5.41 Å². The zero-order chi connectivity index (χ0) is 15.1. The van der Waals surface area contributed by atoms with Crippen LogP contribution in [0.5, 0.6) is 0 Å². The largest absolute Gasteiger partial charge is 0.340 e. The van der Waals surface area contributed by atoms with E-state index in [9.17, 15) is 9.59 Å². The average Bonchev–Trinajstić information content (AvgIpc) is 2.44. The van der Waals surface area contributed by atoms with Gasteiger partial charge in [0.2, 0.25) is 11.8 Å². The lowest BCUT2D eigenvalue weighted by molar-refractivity contribution is -0.155. The van der Waals surface area contributed by atoms with Gasteiger partial charge in [-0.05, 0) is 43.9 Å². The van der Waals surface area contributed by atoms with Crippen LogP contribution >= 0.6 is 0 Å². The highest BCUT2D eigenvalue weighted by atomic mass is 16.2. The molecule has 3 aliphatic rings. The lowest BCUT2D eigenvalue weighted by atomic mass is 9.74. The van der Waals surface area contributed by atoms with Gasteiger partial charge in [0.05, 0.1) is 6.54 Å². The van der Waals surface area contributed by atoms with Gasteiger partial charge in [-0.25, -0.2) is 0 Å². The second-order valence-corrected chi connectivity index (χ2v) is 8.02. The Morgan fingerprint density at radius 2 is 1.62 bits per heavy atom. The number of carbonyl (C=O) groups excluding carboxylic acids is 2. The first-order valence-corrected chi connectivity index (χ1v) is 8.54. The zero-order valence-electron chi connectivity index (χ0n) is 13.4. The van der Waals surface area contributed by atoms with Crippen LogP contribution in [0.3, 0.4) is 0 Å². The Morgan fingerprint density at radius 1 is 1.00 bits per heavy atom. The monoisotopic (exact) mass is 292 g/mol. The van der Waals surface area contributed by atoms with E-state index >= 15 is 0 Å². The maximum absolute atomic E-state index is 13.0. The van der Waals surface area contributed by atoms with Crippen LogP contribution in [0.4, 0.5) is 0 Å². The first-order chi connectivity index (χ1) is 9.92. The first-order valence-electron chi connectivity index (χ1n) is 8.54. The Balaban J connectivity index is 1.75. The molecule has 3 fully saturated rings. The van der Waals surface area contributed by atoms with E-state index in [4.69, 9.17) is 0 Å². The molecule has 4 nitrogen and oxygen atoms in total. The number of rotatable bonds is 1. The van der Waals surface area contributed by atoms with E-state index in [1.807, 2.05) is 4.90 Å². The van der Waals surface area contributed by atoms with Crippen molar-refractivity contribution < 1.29 is 9.59 Å². The Kier molecular flexibility index (Phi) is 3.74. The highest BCUT2D eigenvalue weighted by molar-refractivity contribution is 5.98. The van der Waals surface area contributed by atoms with Gasteiger partial charge in [0.25, 0.3) is 0 Å². The van der Waals surface area contributed by atoms with Gasteiger partial charge in [-0.3, -0.25) is 9.59 Å². The minimum Gasteiger partial charge on any atom is -0.340 e. The van der Waals surface area contributed by atoms with E-state index in [-0.39, 0.29) is 24.4 Å². The maximum Gasteiger partial charge on any atom is 0.249 e. The lowest BCUT2D eigenvalue weighted by Crippen LogP contribution is -2.69. The van der Waals surface area contributed by atoms with Crippen LogP contribution in [0.25, 0.3) is 0 Å². The third-order valence-corrected chi connectivity index (χ3v) is 5.82. The van der Waals surface area contributed by atoms with Gasteiger partial charge < -0.3 is 10.2 Å². The third kappa shape index (κ3) is 2.82. The van der Waals surface area contributed by atoms with E-state index in [1.165, 1.54) is 6.42 Å². The minimum atomic E-state index is -0.569. The predicted octanol–water partition coefficient (Wildman–Crippen LogP) is 2.62. The summed E-state index contributed by atoms with van der Waals surface area (Å²) in [6, 6.07) is 0.273. The number of nitrogens with one attached hydrogen (secondary N) is 1. The van der Waals surface area contributed by atoms with E-state index < -0.39 is 5.54 Å². The van der Waals surface area contributed by atoms with E-state index in [0.717, 1.165) is 51.4 Å². The van der Waals surface area contributed by atoms with Crippen molar-refractivity contribution in [3.8, 4) is 0 Å². The molecule has 0 radical (unpaired) electrons. The van der Waals surface area contributed by atoms with Crippen molar-refractivity contribution >= 4 is 11.8 Å². The average molecular weight is 292 g/mol. The summed E-state index contributed by atoms with van der Waals surface area (Å²) >= 11 is 0. The Morgan fingerprint density at radius 3 is 2.24 bits per heavy atom. The SMILES string of the molecule is CC1(C)CCC(N2CC(=O)NC3(CCCCC3)C2=O)CC1. The van der Waals surface area contributed by atoms with Gasteiger partial charge in [0.1, 0.15) is 5.54 Å². The van der Waals surface area contributed by atoms with Crippen LogP contribution in [0.15, 0.2) is 0 Å². The summed E-state index contributed by atoms with van der Waals surface area (Å²) < 4.78 is 0. The fourth-order valence-electron chi connectivity index (χ4n) is 4.35. The van der Waals surface area contributed by atoms with E-state index in [2.05, 4.69) is 19.2 Å². The van der Waals surface area contributed by atoms with Crippen molar-refractivity contribution in [2.24, 2.45) is 5.41 Å². The molecule has 3 rings (SSSR count). The zero-order valence-corrected chi connectivity index (χ0v) is 13.4. The molecule has 21 heavy (non-hydrogen) atoms. The standard InChI is InChI=1S/C17H28N2O2/c1-16(2)10-6-13(7-11-16)19-12-14(20)18-17(15(19)21)8-4-3-5-9-17/h13H,3-12H2,1-2H3,(H,18,20). The van der Waals surface area contributed by atoms with Gasteiger partial charge in [-0.2, -0.15) is 0 Å². The molecule has 1 aliphatic heterocycles. The van der Waals surface area contributed by atoms with Crippen LogP contribution in [-0.2, 0) is 9.59 Å². The van der Waals surface area contributed by atoms with Crippen molar-refractivity contribution in [1.82, 2.24) is 10.2 Å². The Hall–Kier alpha value is -1.06. The van der Waals surface area contributed by atoms with Gasteiger partial charge in [-0.15, -0.1) is 0 Å². The summed E-state index contributed by atoms with van der Waals surface area (Å²) in [5.41, 5.74) is -0.180. The van der Waals surface area contributed by atoms with Crippen molar-refractivity contribution in [3.05, 3.63) is 0 Å². The number of nitrogens with zero attached hydrogens (tertiary/aromatic N) is 1. The fraction of sp³-hybridized carbons (Fsp3) is 0.882. The fourth-order valence-corrected chi connectivity index (χ4v) is 4.35. The van der Waals surface area contributed by atoms with E-state index in [0.29, 0.717) is 5.41 Å². The molecule has 0 aromatic rings. The van der Waals surface area contributed by atoms with Crippen molar-refractivity contribution in [2.45, 2.75) is 83.2 Å². The van der Waals surface area contributed by atoms with Gasteiger partial charge in [0, 0.05) is 6.04 Å². The first kappa shape index (κ1) is 14.9. The Labute approximate surface area is 127 Å². The molecule has 0 aromatic carbocycles. The molecule has 1 saturated heterocycles. The van der Waals surface area contributed by atoms with Crippen molar-refractivity contribution in [1.29, 1.82) is 0 Å². The summed E-state index contributed by atoms with van der Waals surface area (Å²) in [6.07, 6.45) is 9.33. The Bertz CT molecular complexity index is 428. The molecule has 2 amide bonds. The molecule has 0 aromatic heterocycles. The normalized spacial score (nSPS) is 29.5. The van der Waals surface area contributed by atoms with E-state index in [1.54, 1.807) is 0 Å². The molecule has 0 atom stereocenters. The molecule has 0 unspecified atom stereocenters. The van der Waals surface area contributed by atoms with Crippen LogP contribution < -0.4 is 5.32 Å². The number of carbonyl (C=O) groups is 2. The minimum absolute atomic E-state index is 0.0429. The third-order valence-electron chi connectivity index (χ3n) is 5.82. The lowest BCUT2D eigenvalue weighted by Gasteiger charge is -2.48.